The lowest BCUT2D eigenvalue weighted by Gasteiger charge is -2.16. The molecule has 3 rings (SSSR count). The van der Waals surface area contributed by atoms with E-state index in [4.69, 9.17) is 0 Å². The van der Waals surface area contributed by atoms with Gasteiger partial charge in [-0.25, -0.2) is 0 Å². The van der Waals surface area contributed by atoms with Gasteiger partial charge in [0.05, 0.1) is 0 Å². The van der Waals surface area contributed by atoms with Gasteiger partial charge >= 0.3 is 0 Å². The molecule has 1 unspecified atom stereocenters. The minimum absolute atomic E-state index is 0.154. The molecule has 0 spiro atoms. The lowest BCUT2D eigenvalue weighted by molar-refractivity contribution is -0.119. The van der Waals surface area contributed by atoms with Crippen LogP contribution in [0.1, 0.15) is 22.7 Å². The molecule has 2 nitrogen and oxygen atoms in total. The number of hydrogen-bond acceptors (Lipinski definition) is 2. The maximum Gasteiger partial charge on any atom is 0.146 e. The first kappa shape index (κ1) is 16.6. The molecule has 1 aromatic heterocycles. The highest BCUT2D eigenvalue weighted by Crippen LogP contribution is 2.23. The van der Waals surface area contributed by atoms with Gasteiger partial charge in [0.1, 0.15) is 5.78 Å². The molecule has 0 bridgehead atoms. The van der Waals surface area contributed by atoms with E-state index in [2.05, 4.69) is 33.0 Å². The third-order valence-electron chi connectivity index (χ3n) is 4.02. The molecule has 0 fully saturated rings. The maximum atomic E-state index is 13.0. The van der Waals surface area contributed by atoms with Gasteiger partial charge in [0.2, 0.25) is 0 Å². The molecule has 3 aromatic rings. The van der Waals surface area contributed by atoms with Gasteiger partial charge in [0.25, 0.3) is 0 Å². The van der Waals surface area contributed by atoms with Crippen LogP contribution in [0.2, 0.25) is 0 Å². The number of halogens is 1. The topological polar surface area (TPSA) is 30.0 Å². The lowest BCUT2D eigenvalue weighted by Crippen LogP contribution is -2.18. The SMILES string of the molecule is O=C(Cc1ccc(Br)cn1)C(Cc1ccccc1)c1ccccc1. The molecule has 2 aromatic carbocycles. The zero-order valence-corrected chi connectivity index (χ0v) is 14.8. The summed E-state index contributed by atoms with van der Waals surface area (Å²) in [6.45, 7) is 0. The summed E-state index contributed by atoms with van der Waals surface area (Å²) in [6, 6.07) is 24.0. The molecule has 0 N–H and O–H groups in total. The van der Waals surface area contributed by atoms with Crippen molar-refractivity contribution < 1.29 is 4.79 Å². The van der Waals surface area contributed by atoms with Crippen molar-refractivity contribution in [3.8, 4) is 0 Å². The second-order valence-electron chi connectivity index (χ2n) is 5.76. The summed E-state index contributed by atoms with van der Waals surface area (Å²) >= 11 is 3.37. The van der Waals surface area contributed by atoms with E-state index in [0.29, 0.717) is 12.8 Å². The Morgan fingerprint density at radius 3 is 2.21 bits per heavy atom. The molecule has 1 heterocycles. The minimum Gasteiger partial charge on any atom is -0.299 e. The highest BCUT2D eigenvalue weighted by molar-refractivity contribution is 9.10. The van der Waals surface area contributed by atoms with E-state index in [-0.39, 0.29) is 11.7 Å². The van der Waals surface area contributed by atoms with Crippen molar-refractivity contribution in [2.75, 3.05) is 0 Å². The molecule has 3 heteroatoms. The van der Waals surface area contributed by atoms with Crippen molar-refractivity contribution in [3.05, 3.63) is 100 Å². The molecule has 24 heavy (non-hydrogen) atoms. The standard InChI is InChI=1S/C21H18BrNO/c22-18-11-12-19(23-15-18)14-21(24)20(17-9-5-2-6-10-17)13-16-7-3-1-4-8-16/h1-12,15,20H,13-14H2. The van der Waals surface area contributed by atoms with E-state index >= 15 is 0 Å². The first-order valence-corrected chi connectivity index (χ1v) is 8.73. The van der Waals surface area contributed by atoms with Gasteiger partial charge in [-0.3, -0.25) is 9.78 Å². The number of benzene rings is 2. The van der Waals surface area contributed by atoms with E-state index in [1.165, 1.54) is 5.56 Å². The van der Waals surface area contributed by atoms with Crippen LogP contribution in [0.15, 0.2) is 83.5 Å². The Hall–Kier alpha value is -2.26. The fourth-order valence-corrected chi connectivity index (χ4v) is 3.00. The first-order valence-electron chi connectivity index (χ1n) is 7.94. The number of hydrogen-bond donors (Lipinski definition) is 0. The van der Waals surface area contributed by atoms with Gasteiger partial charge in [-0.1, -0.05) is 60.7 Å². The van der Waals surface area contributed by atoms with Crippen molar-refractivity contribution in [2.45, 2.75) is 18.8 Å². The van der Waals surface area contributed by atoms with E-state index in [9.17, 15) is 4.79 Å². The average molecular weight is 380 g/mol. The number of carbonyl (C=O) groups excluding carboxylic acids is 1. The second-order valence-corrected chi connectivity index (χ2v) is 6.68. The Morgan fingerprint density at radius 2 is 1.58 bits per heavy atom. The van der Waals surface area contributed by atoms with Crippen LogP contribution in [-0.4, -0.2) is 10.8 Å². The zero-order valence-electron chi connectivity index (χ0n) is 13.2. The monoisotopic (exact) mass is 379 g/mol. The maximum absolute atomic E-state index is 13.0. The fourth-order valence-electron chi connectivity index (χ4n) is 2.77. The smallest absolute Gasteiger partial charge is 0.146 e. The van der Waals surface area contributed by atoms with E-state index in [1.807, 2.05) is 60.7 Å². The Labute approximate surface area is 150 Å². The van der Waals surface area contributed by atoms with Gasteiger partial charge in [-0.15, -0.1) is 0 Å². The molecule has 0 aliphatic rings. The highest BCUT2D eigenvalue weighted by Gasteiger charge is 2.21. The third-order valence-corrected chi connectivity index (χ3v) is 4.49. The molecular weight excluding hydrogens is 362 g/mol. The van der Waals surface area contributed by atoms with Gasteiger partial charge in [-0.2, -0.15) is 0 Å². The Balaban J connectivity index is 1.83. The van der Waals surface area contributed by atoms with Crippen LogP contribution in [0, 0.1) is 0 Å². The van der Waals surface area contributed by atoms with Crippen molar-refractivity contribution in [3.63, 3.8) is 0 Å². The third kappa shape index (κ3) is 4.39. The van der Waals surface area contributed by atoms with Crippen LogP contribution < -0.4 is 0 Å². The molecule has 0 aliphatic heterocycles. The largest absolute Gasteiger partial charge is 0.299 e. The Kier molecular flexibility index (Phi) is 5.55. The van der Waals surface area contributed by atoms with Gasteiger partial charge in [0.15, 0.2) is 0 Å². The van der Waals surface area contributed by atoms with Crippen molar-refractivity contribution >= 4 is 21.7 Å². The fraction of sp³-hybridized carbons (Fsp3) is 0.143. The van der Waals surface area contributed by atoms with Gasteiger partial charge in [-0.05, 0) is 45.6 Å². The number of rotatable bonds is 6. The average Bonchev–Trinajstić information content (AvgIpc) is 2.63. The highest BCUT2D eigenvalue weighted by atomic mass is 79.9. The molecule has 120 valence electrons. The summed E-state index contributed by atoms with van der Waals surface area (Å²) in [5.41, 5.74) is 3.03. The predicted molar refractivity (Wildman–Crippen MR) is 100.0 cm³/mol. The van der Waals surface area contributed by atoms with Crippen LogP contribution in [0.4, 0.5) is 0 Å². The molecule has 0 aliphatic carbocycles. The summed E-state index contributed by atoms with van der Waals surface area (Å²) in [5, 5.41) is 0. The number of Topliss-reactive ketones (excluding diaryl/α,β-unsaturated/α-hetero) is 1. The number of nitrogens with zero attached hydrogens (tertiary/aromatic N) is 1. The Bertz CT molecular complexity index is 785. The summed E-state index contributed by atoms with van der Waals surface area (Å²) in [5.74, 6) is 0.0407. The molecular formula is C21H18BrNO. The summed E-state index contributed by atoms with van der Waals surface area (Å²) in [4.78, 5) is 17.3. The summed E-state index contributed by atoms with van der Waals surface area (Å²) < 4.78 is 0.919. The molecule has 0 saturated carbocycles. The van der Waals surface area contributed by atoms with Crippen molar-refractivity contribution in [1.82, 2.24) is 4.98 Å². The minimum atomic E-state index is -0.154. The van der Waals surface area contributed by atoms with E-state index in [0.717, 1.165) is 15.7 Å². The molecule has 0 amide bonds. The number of aromatic nitrogens is 1. The van der Waals surface area contributed by atoms with Crippen LogP contribution in [0.5, 0.6) is 0 Å². The van der Waals surface area contributed by atoms with E-state index < -0.39 is 0 Å². The Morgan fingerprint density at radius 1 is 0.917 bits per heavy atom. The number of carbonyl (C=O) groups is 1. The summed E-state index contributed by atoms with van der Waals surface area (Å²) in [6.07, 6.45) is 2.79. The predicted octanol–water partition coefficient (Wildman–Crippen LogP) is 4.98. The van der Waals surface area contributed by atoms with Crippen LogP contribution in [0.3, 0.4) is 0 Å². The summed E-state index contributed by atoms with van der Waals surface area (Å²) in [7, 11) is 0. The van der Waals surface area contributed by atoms with Crippen molar-refractivity contribution in [1.29, 1.82) is 0 Å². The second kappa shape index (κ2) is 8.02. The first-order chi connectivity index (χ1) is 11.7. The van der Waals surface area contributed by atoms with E-state index in [1.54, 1.807) is 6.20 Å². The normalized spacial score (nSPS) is 11.9. The van der Waals surface area contributed by atoms with Crippen LogP contribution in [-0.2, 0) is 17.6 Å². The molecule has 1 atom stereocenters. The zero-order chi connectivity index (χ0) is 16.8. The van der Waals surface area contributed by atoms with Crippen LogP contribution in [0.25, 0.3) is 0 Å². The van der Waals surface area contributed by atoms with Crippen molar-refractivity contribution in [2.24, 2.45) is 0 Å². The lowest BCUT2D eigenvalue weighted by atomic mass is 9.86. The number of pyridine rings is 1. The molecule has 0 saturated heterocycles. The van der Waals surface area contributed by atoms with Gasteiger partial charge in [0, 0.05) is 28.7 Å². The molecule has 0 radical (unpaired) electrons. The van der Waals surface area contributed by atoms with Gasteiger partial charge < -0.3 is 0 Å². The van der Waals surface area contributed by atoms with Crippen LogP contribution >= 0.6 is 15.9 Å². The quantitative estimate of drug-likeness (QED) is 0.604. The number of ketones is 1.